The fourth-order valence-corrected chi connectivity index (χ4v) is 11.3. The van der Waals surface area contributed by atoms with Gasteiger partial charge in [-0.15, -0.1) is 0 Å². The van der Waals surface area contributed by atoms with Crippen LogP contribution in [0.3, 0.4) is 0 Å². The van der Waals surface area contributed by atoms with Crippen molar-refractivity contribution in [3.63, 3.8) is 0 Å². The lowest BCUT2D eigenvalue weighted by molar-refractivity contribution is -0.176. The summed E-state index contributed by atoms with van der Waals surface area (Å²) in [6.45, 7) is 6.84. The number of nitrogens with zero attached hydrogens (tertiary/aromatic N) is 1. The van der Waals surface area contributed by atoms with Gasteiger partial charge in [0, 0.05) is 47.0 Å². The average molecular weight is 586 g/mol. The van der Waals surface area contributed by atoms with Crippen LogP contribution >= 0.6 is 0 Å². The van der Waals surface area contributed by atoms with Crippen molar-refractivity contribution in [2.24, 2.45) is 33.5 Å². The quantitative estimate of drug-likeness (QED) is 0.308. The number of benzene rings is 2. The van der Waals surface area contributed by atoms with Crippen LogP contribution in [0.5, 0.6) is 0 Å². The first-order valence-corrected chi connectivity index (χ1v) is 16.1. The first-order chi connectivity index (χ1) is 20.4. The molecule has 43 heavy (non-hydrogen) atoms. The Kier molecular flexibility index (Phi) is 5.80. The highest BCUT2D eigenvalue weighted by molar-refractivity contribution is 6.10. The molecule has 4 nitrogen and oxygen atoms in total. The monoisotopic (exact) mass is 585 g/mol. The van der Waals surface area contributed by atoms with Gasteiger partial charge in [-0.05, 0) is 91.5 Å². The molecule has 2 bridgehead atoms. The number of β-amino-alcohol motifs (C(OH)–C–C–N with tert-alkyl or cyclic N) is 1. The van der Waals surface area contributed by atoms with Gasteiger partial charge >= 0.3 is 0 Å². The molecule has 8 unspecified atom stereocenters. The number of aliphatic hydroxyl groups is 2. The molecule has 3 fully saturated rings. The number of aliphatic hydroxyl groups excluding tert-OH is 1. The number of Topliss-reactive ketones (excluding diaryl/α,β-unsaturated/α-hetero) is 1. The van der Waals surface area contributed by atoms with Crippen molar-refractivity contribution in [3.8, 4) is 0 Å². The molecule has 8 atom stereocenters. The number of halogens is 2. The zero-order chi connectivity index (χ0) is 30.0. The maximum atomic E-state index is 14.5. The number of hydrogen-bond acceptors (Lipinski definition) is 4. The Hall–Kier alpha value is -2.67. The largest absolute Gasteiger partial charge is 0.393 e. The zero-order valence-electron chi connectivity index (χ0n) is 25.1. The molecule has 2 N–H and O–H groups in total. The van der Waals surface area contributed by atoms with Crippen LogP contribution in [-0.2, 0) is 13.1 Å². The molecule has 9 rings (SSSR count). The van der Waals surface area contributed by atoms with Crippen molar-refractivity contribution in [1.29, 1.82) is 0 Å². The predicted molar refractivity (Wildman–Crippen MR) is 160 cm³/mol. The third-order valence-corrected chi connectivity index (χ3v) is 13.5. The van der Waals surface area contributed by atoms with E-state index in [0.29, 0.717) is 25.0 Å². The van der Waals surface area contributed by atoms with Gasteiger partial charge in [0.2, 0.25) is 0 Å². The van der Waals surface area contributed by atoms with Crippen molar-refractivity contribution in [2.45, 2.75) is 83.6 Å². The minimum atomic E-state index is -1.02. The average Bonchev–Trinajstić information content (AvgIpc) is 3.51. The van der Waals surface area contributed by atoms with E-state index in [0.717, 1.165) is 57.3 Å². The van der Waals surface area contributed by atoms with Crippen LogP contribution in [0.2, 0.25) is 0 Å². The second-order valence-corrected chi connectivity index (χ2v) is 15.2. The van der Waals surface area contributed by atoms with E-state index in [9.17, 15) is 23.8 Å². The molecule has 3 saturated carbocycles. The van der Waals surface area contributed by atoms with Gasteiger partial charge in [0.15, 0.2) is 17.4 Å². The van der Waals surface area contributed by atoms with Crippen molar-refractivity contribution in [2.75, 3.05) is 6.54 Å². The molecular weight excluding hydrogens is 544 g/mol. The molecule has 226 valence electrons. The maximum absolute atomic E-state index is 14.5. The van der Waals surface area contributed by atoms with Crippen LogP contribution in [0.25, 0.3) is 0 Å². The number of carbonyl (C=O) groups excluding carboxylic acids is 1. The Morgan fingerprint density at radius 1 is 0.907 bits per heavy atom. The topological polar surface area (TPSA) is 60.8 Å². The van der Waals surface area contributed by atoms with Crippen molar-refractivity contribution >= 4 is 5.78 Å². The van der Waals surface area contributed by atoms with Gasteiger partial charge in [-0.2, -0.15) is 0 Å². The van der Waals surface area contributed by atoms with E-state index in [4.69, 9.17) is 0 Å². The lowest BCUT2D eigenvalue weighted by Crippen LogP contribution is -2.67. The second kappa shape index (κ2) is 8.95. The Morgan fingerprint density at radius 2 is 1.58 bits per heavy atom. The summed E-state index contributed by atoms with van der Waals surface area (Å²) in [5.74, 6) is -2.08. The first-order valence-electron chi connectivity index (χ1n) is 16.1. The molecular formula is C37H41F2NO3. The van der Waals surface area contributed by atoms with E-state index in [-0.39, 0.29) is 28.6 Å². The molecule has 0 saturated heterocycles. The first kappa shape index (κ1) is 27.8. The lowest BCUT2D eigenvalue weighted by atomic mass is 9.32. The summed E-state index contributed by atoms with van der Waals surface area (Å²) in [4.78, 5) is 16.9. The summed E-state index contributed by atoms with van der Waals surface area (Å²) in [6, 6.07) is 12.0. The fraction of sp³-hybridized carbons (Fsp3) is 0.541. The van der Waals surface area contributed by atoms with E-state index in [1.807, 2.05) is 0 Å². The van der Waals surface area contributed by atoms with Gasteiger partial charge in [0.1, 0.15) is 0 Å². The van der Waals surface area contributed by atoms with Crippen molar-refractivity contribution in [1.82, 2.24) is 4.90 Å². The number of allylic oxidation sites excluding steroid dienone is 4. The molecule has 0 radical (unpaired) electrons. The van der Waals surface area contributed by atoms with Gasteiger partial charge in [-0.3, -0.25) is 9.69 Å². The number of rotatable bonds is 4. The van der Waals surface area contributed by atoms with E-state index in [1.54, 1.807) is 0 Å². The summed E-state index contributed by atoms with van der Waals surface area (Å²) < 4.78 is 28.4. The highest BCUT2D eigenvalue weighted by atomic mass is 19.2. The normalized spacial score (nSPS) is 42.7. The van der Waals surface area contributed by atoms with Gasteiger partial charge < -0.3 is 10.2 Å². The number of hydrogen-bond donors (Lipinski definition) is 2. The zero-order valence-corrected chi connectivity index (χ0v) is 25.1. The third-order valence-electron chi connectivity index (χ3n) is 13.5. The van der Waals surface area contributed by atoms with Gasteiger partial charge in [0.05, 0.1) is 11.7 Å². The van der Waals surface area contributed by atoms with Crippen LogP contribution in [0.4, 0.5) is 8.78 Å². The number of fused-ring (bicyclic) bond motifs is 2. The highest BCUT2D eigenvalue weighted by Crippen LogP contribution is 2.78. The van der Waals surface area contributed by atoms with Crippen LogP contribution in [0, 0.1) is 45.1 Å². The van der Waals surface area contributed by atoms with E-state index < -0.39 is 39.6 Å². The Morgan fingerprint density at radius 3 is 2.30 bits per heavy atom. The highest BCUT2D eigenvalue weighted by Gasteiger charge is 2.74. The molecule has 6 heteroatoms. The van der Waals surface area contributed by atoms with Crippen molar-refractivity contribution in [3.05, 3.63) is 94.6 Å². The van der Waals surface area contributed by atoms with Crippen LogP contribution in [0.1, 0.15) is 80.3 Å². The smallest absolute Gasteiger partial charge is 0.189 e. The molecule has 1 aliphatic heterocycles. The van der Waals surface area contributed by atoms with Crippen LogP contribution < -0.4 is 0 Å². The molecule has 0 amide bonds. The maximum Gasteiger partial charge on any atom is 0.189 e. The molecule has 0 aromatic heterocycles. The second-order valence-electron chi connectivity index (χ2n) is 15.2. The number of carbonyl (C=O) groups is 1. The summed E-state index contributed by atoms with van der Waals surface area (Å²) in [5.41, 5.74) is 0.879. The number of ketones is 1. The lowest BCUT2D eigenvalue weighted by Gasteiger charge is -2.71. The summed E-state index contributed by atoms with van der Waals surface area (Å²) >= 11 is 0. The standard InChI is InChI=1S/C37H41F2NO3/c1-33-12-9-26(41)18-35(33)15-16-37(27(19-35)32(42)23-7-8-28(38)29(39)17-23)30(33)10-13-34(2)31(37)11-14-36(34,43)22-40-20-24-5-3-4-6-25(24)21-40/h3-8,15-17,19,26,30-31,41,43H,9-14,18,20-22H2,1-2H3. The minimum Gasteiger partial charge on any atom is -0.393 e. The minimum absolute atomic E-state index is 0.0208. The Balaban J connectivity index is 1.23. The fourth-order valence-electron chi connectivity index (χ4n) is 11.3. The van der Waals surface area contributed by atoms with Crippen molar-refractivity contribution < 1.29 is 23.8 Å². The van der Waals surface area contributed by atoms with Gasteiger partial charge in [-0.1, -0.05) is 56.3 Å². The van der Waals surface area contributed by atoms with E-state index in [2.05, 4.69) is 61.2 Å². The Labute approximate surface area is 252 Å². The van der Waals surface area contributed by atoms with Crippen LogP contribution in [-0.4, -0.2) is 39.1 Å². The van der Waals surface area contributed by atoms with E-state index >= 15 is 0 Å². The van der Waals surface area contributed by atoms with Gasteiger partial charge in [-0.25, -0.2) is 8.78 Å². The molecule has 2 aromatic carbocycles. The summed E-state index contributed by atoms with van der Waals surface area (Å²) in [6.07, 6.45) is 11.6. The van der Waals surface area contributed by atoms with Gasteiger partial charge in [0.25, 0.3) is 0 Å². The molecule has 1 heterocycles. The molecule has 2 aromatic rings. The summed E-state index contributed by atoms with van der Waals surface area (Å²) in [7, 11) is 0. The Bertz CT molecular complexity index is 1580. The molecule has 7 aliphatic rings. The molecule has 2 spiro atoms. The van der Waals surface area contributed by atoms with Crippen LogP contribution in [0.15, 0.2) is 66.3 Å². The van der Waals surface area contributed by atoms with E-state index in [1.165, 1.54) is 17.2 Å². The predicted octanol–water partition coefficient (Wildman–Crippen LogP) is 6.75. The SMILES string of the molecule is CC12CCC(O)CC13C=CC1(C(C(=O)c4ccc(F)c(F)c4)=C3)C2CCC2(C)C1CCC2(O)CN1Cc2ccccc2C1. The molecule has 6 aliphatic carbocycles. The third kappa shape index (κ3) is 3.49. The summed E-state index contributed by atoms with van der Waals surface area (Å²) in [5, 5.41) is 23.5.